The molecule has 0 aromatic heterocycles. The van der Waals surface area contributed by atoms with Crippen LogP contribution in [0.4, 0.5) is 4.79 Å². The normalized spacial score (nSPS) is 14.8. The summed E-state index contributed by atoms with van der Waals surface area (Å²) in [5, 5.41) is 20.5. The zero-order chi connectivity index (χ0) is 15.2. The van der Waals surface area contributed by atoms with E-state index in [0.29, 0.717) is 12.1 Å². The molecular weight excluding hydrogens is 270 g/mol. The summed E-state index contributed by atoms with van der Waals surface area (Å²) in [6, 6.07) is 9.19. The molecule has 0 unspecified atom stereocenters. The third kappa shape index (κ3) is 3.96. The van der Waals surface area contributed by atoms with E-state index in [2.05, 4.69) is 5.32 Å². The van der Waals surface area contributed by atoms with E-state index >= 15 is 0 Å². The first-order valence-corrected chi connectivity index (χ1v) is 6.85. The molecule has 1 aromatic carbocycles. The fraction of sp³-hybridized carbons (Fsp3) is 0.400. The van der Waals surface area contributed by atoms with Crippen LogP contribution in [0, 0.1) is 11.3 Å². The molecule has 0 aliphatic heterocycles. The lowest BCUT2D eigenvalue weighted by Gasteiger charge is -2.24. The topological polar surface area (TPSA) is 93.4 Å². The number of nitriles is 1. The molecule has 1 aliphatic carbocycles. The molecule has 2 rings (SSSR count). The molecule has 1 saturated carbocycles. The Morgan fingerprint density at radius 2 is 2.05 bits per heavy atom. The summed E-state index contributed by atoms with van der Waals surface area (Å²) in [5.74, 6) is -1.11. The highest BCUT2D eigenvalue weighted by molar-refractivity contribution is 5.84. The molecule has 1 aromatic rings. The van der Waals surface area contributed by atoms with Crippen LogP contribution in [0.25, 0.3) is 0 Å². The summed E-state index contributed by atoms with van der Waals surface area (Å²) in [5.41, 5.74) is 0.523. The number of benzene rings is 1. The van der Waals surface area contributed by atoms with Gasteiger partial charge in [0.15, 0.2) is 6.04 Å². The second-order valence-corrected chi connectivity index (χ2v) is 4.96. The fourth-order valence-corrected chi connectivity index (χ4v) is 2.15. The molecule has 2 amide bonds. The molecule has 110 valence electrons. The maximum absolute atomic E-state index is 12.3. The number of nitrogens with one attached hydrogen (secondary N) is 1. The minimum Gasteiger partial charge on any atom is -0.479 e. The van der Waals surface area contributed by atoms with E-state index in [4.69, 9.17) is 5.26 Å². The molecule has 0 heterocycles. The standard InChI is InChI=1S/C15H17N3O3/c16-9-4-10-18(12-7-8-12)15(21)17-13(14(19)20)11-5-2-1-3-6-11/h1-3,5-6,12-13H,4,7-8,10H2,(H,17,21)(H,19,20)/t13-/m1/s1. The first kappa shape index (κ1) is 14.9. The quantitative estimate of drug-likeness (QED) is 0.835. The van der Waals surface area contributed by atoms with Gasteiger partial charge in [0.25, 0.3) is 0 Å². The molecule has 6 nitrogen and oxygen atoms in total. The Morgan fingerprint density at radius 3 is 2.57 bits per heavy atom. The number of aliphatic carboxylic acids is 1. The number of carboxylic acid groups (broad SMARTS) is 1. The van der Waals surface area contributed by atoms with Gasteiger partial charge in [0.05, 0.1) is 12.5 Å². The molecule has 1 atom stereocenters. The van der Waals surface area contributed by atoms with Crippen molar-refractivity contribution in [2.75, 3.05) is 6.54 Å². The zero-order valence-corrected chi connectivity index (χ0v) is 11.5. The SMILES string of the molecule is N#CCCN(C(=O)N[C@@H](C(=O)O)c1ccccc1)C1CC1. The molecule has 1 aliphatic rings. The highest BCUT2D eigenvalue weighted by atomic mass is 16.4. The van der Waals surface area contributed by atoms with Crippen LogP contribution in [0.5, 0.6) is 0 Å². The monoisotopic (exact) mass is 287 g/mol. The first-order chi connectivity index (χ1) is 10.1. The van der Waals surface area contributed by atoms with Gasteiger partial charge in [-0.05, 0) is 18.4 Å². The number of carbonyl (C=O) groups excluding carboxylic acids is 1. The predicted octanol–water partition coefficient (Wildman–Crippen LogP) is 1.90. The van der Waals surface area contributed by atoms with Gasteiger partial charge in [0.1, 0.15) is 0 Å². The van der Waals surface area contributed by atoms with Gasteiger partial charge in [-0.25, -0.2) is 9.59 Å². The number of nitrogens with zero attached hydrogens (tertiary/aromatic N) is 2. The molecule has 6 heteroatoms. The number of carbonyl (C=O) groups is 2. The van der Waals surface area contributed by atoms with Crippen LogP contribution in [0.3, 0.4) is 0 Å². The van der Waals surface area contributed by atoms with E-state index in [0.717, 1.165) is 12.8 Å². The summed E-state index contributed by atoms with van der Waals surface area (Å²) in [6.45, 7) is 0.328. The van der Waals surface area contributed by atoms with Gasteiger partial charge < -0.3 is 15.3 Å². The van der Waals surface area contributed by atoms with Gasteiger partial charge >= 0.3 is 12.0 Å². The van der Waals surface area contributed by atoms with Crippen LogP contribution in [0.15, 0.2) is 30.3 Å². The molecule has 21 heavy (non-hydrogen) atoms. The lowest BCUT2D eigenvalue weighted by atomic mass is 10.1. The Morgan fingerprint density at radius 1 is 1.38 bits per heavy atom. The Labute approximate surface area is 123 Å². The molecular formula is C15H17N3O3. The van der Waals surface area contributed by atoms with Gasteiger partial charge in [-0.2, -0.15) is 5.26 Å². The second-order valence-electron chi connectivity index (χ2n) is 4.96. The van der Waals surface area contributed by atoms with Crippen LogP contribution < -0.4 is 5.32 Å². The minimum atomic E-state index is -1.11. The van der Waals surface area contributed by atoms with Crippen LogP contribution in [-0.2, 0) is 4.79 Å². The Hall–Kier alpha value is -2.55. The second kappa shape index (κ2) is 6.75. The van der Waals surface area contributed by atoms with Crippen molar-refractivity contribution in [3.05, 3.63) is 35.9 Å². The minimum absolute atomic E-state index is 0.128. The zero-order valence-electron chi connectivity index (χ0n) is 11.5. The Balaban J connectivity index is 2.07. The average molecular weight is 287 g/mol. The van der Waals surface area contributed by atoms with E-state index in [1.54, 1.807) is 35.2 Å². The lowest BCUT2D eigenvalue weighted by molar-refractivity contribution is -0.139. The molecule has 1 fully saturated rings. The van der Waals surface area contributed by atoms with Crippen molar-refractivity contribution < 1.29 is 14.7 Å². The summed E-state index contributed by atoms with van der Waals surface area (Å²) in [4.78, 5) is 25.2. The lowest BCUT2D eigenvalue weighted by Crippen LogP contribution is -2.45. The molecule has 2 N–H and O–H groups in total. The Kier molecular flexibility index (Phi) is 4.77. The summed E-state index contributed by atoms with van der Waals surface area (Å²) in [7, 11) is 0. The summed E-state index contributed by atoms with van der Waals surface area (Å²) >= 11 is 0. The summed E-state index contributed by atoms with van der Waals surface area (Å²) < 4.78 is 0. The largest absolute Gasteiger partial charge is 0.479 e. The number of carboxylic acids is 1. The smallest absolute Gasteiger partial charge is 0.330 e. The van der Waals surface area contributed by atoms with Gasteiger partial charge in [-0.1, -0.05) is 30.3 Å². The van der Waals surface area contributed by atoms with Crippen molar-refractivity contribution in [3.63, 3.8) is 0 Å². The van der Waals surface area contributed by atoms with Crippen molar-refractivity contribution in [1.29, 1.82) is 5.26 Å². The van der Waals surface area contributed by atoms with Crippen molar-refractivity contribution >= 4 is 12.0 Å². The number of rotatable bonds is 6. The third-order valence-electron chi connectivity index (χ3n) is 3.36. The van der Waals surface area contributed by atoms with Crippen LogP contribution in [0.2, 0.25) is 0 Å². The van der Waals surface area contributed by atoms with E-state index in [-0.39, 0.29) is 12.5 Å². The fourth-order valence-electron chi connectivity index (χ4n) is 2.15. The van der Waals surface area contributed by atoms with Crippen LogP contribution in [0.1, 0.15) is 30.9 Å². The predicted molar refractivity (Wildman–Crippen MR) is 75.3 cm³/mol. The third-order valence-corrected chi connectivity index (χ3v) is 3.36. The Bertz CT molecular complexity index is 549. The van der Waals surface area contributed by atoms with E-state index in [9.17, 15) is 14.7 Å². The van der Waals surface area contributed by atoms with E-state index < -0.39 is 18.0 Å². The van der Waals surface area contributed by atoms with Crippen molar-refractivity contribution in [1.82, 2.24) is 10.2 Å². The first-order valence-electron chi connectivity index (χ1n) is 6.85. The molecule has 0 radical (unpaired) electrons. The van der Waals surface area contributed by atoms with Crippen molar-refractivity contribution in [2.45, 2.75) is 31.3 Å². The summed E-state index contributed by atoms with van der Waals surface area (Å²) in [6.07, 6.45) is 2.05. The number of amides is 2. The highest BCUT2D eigenvalue weighted by Crippen LogP contribution is 2.27. The maximum Gasteiger partial charge on any atom is 0.330 e. The van der Waals surface area contributed by atoms with Gasteiger partial charge in [-0.15, -0.1) is 0 Å². The average Bonchev–Trinajstić information content (AvgIpc) is 3.30. The van der Waals surface area contributed by atoms with Gasteiger partial charge in [0.2, 0.25) is 0 Å². The van der Waals surface area contributed by atoms with Crippen LogP contribution in [-0.4, -0.2) is 34.6 Å². The van der Waals surface area contributed by atoms with E-state index in [1.165, 1.54) is 0 Å². The van der Waals surface area contributed by atoms with Crippen molar-refractivity contribution in [2.24, 2.45) is 0 Å². The van der Waals surface area contributed by atoms with Gasteiger partial charge in [0, 0.05) is 12.6 Å². The van der Waals surface area contributed by atoms with E-state index in [1.807, 2.05) is 6.07 Å². The number of urea groups is 1. The van der Waals surface area contributed by atoms with Gasteiger partial charge in [-0.3, -0.25) is 0 Å². The van der Waals surface area contributed by atoms with Crippen molar-refractivity contribution in [3.8, 4) is 6.07 Å². The number of hydrogen-bond donors (Lipinski definition) is 2. The van der Waals surface area contributed by atoms with Crippen LogP contribution >= 0.6 is 0 Å². The number of hydrogen-bond acceptors (Lipinski definition) is 3. The highest BCUT2D eigenvalue weighted by Gasteiger charge is 2.34. The molecule has 0 spiro atoms. The maximum atomic E-state index is 12.3. The molecule has 0 saturated heterocycles. The molecule has 0 bridgehead atoms.